The van der Waals surface area contributed by atoms with Gasteiger partial charge in [-0.05, 0) is 18.7 Å². The molecule has 5 heteroatoms. The fourth-order valence-corrected chi connectivity index (χ4v) is 1.63. The Morgan fingerprint density at radius 2 is 2.31 bits per heavy atom. The van der Waals surface area contributed by atoms with Crippen LogP contribution < -0.4 is 5.32 Å². The Labute approximate surface area is 80.1 Å². The summed E-state index contributed by atoms with van der Waals surface area (Å²) in [5.74, 6) is 0.646. The summed E-state index contributed by atoms with van der Waals surface area (Å²) in [6.07, 6.45) is 3.27. The van der Waals surface area contributed by atoms with Crippen LogP contribution in [0.5, 0.6) is 0 Å². The molecule has 1 aromatic heterocycles. The molecule has 0 spiro atoms. The summed E-state index contributed by atoms with van der Waals surface area (Å²) < 4.78 is 0. The predicted octanol–water partition coefficient (Wildman–Crippen LogP) is 1.08. The molecule has 1 aromatic rings. The molecule has 2 heterocycles. The molecule has 0 saturated heterocycles. The van der Waals surface area contributed by atoms with Gasteiger partial charge in [0.05, 0.1) is 0 Å². The minimum Gasteiger partial charge on any atom is -0.309 e. The number of carbonyl (C=O) groups is 1. The zero-order valence-corrected chi connectivity index (χ0v) is 8.02. The van der Waals surface area contributed by atoms with Gasteiger partial charge in [0.25, 0.3) is 0 Å². The Morgan fingerprint density at radius 3 is 3.08 bits per heavy atom. The Kier molecular flexibility index (Phi) is 2.18. The van der Waals surface area contributed by atoms with Crippen molar-refractivity contribution in [2.24, 2.45) is 0 Å². The van der Waals surface area contributed by atoms with E-state index < -0.39 is 0 Å². The van der Waals surface area contributed by atoms with Crippen molar-refractivity contribution >= 4 is 23.5 Å². The first kappa shape index (κ1) is 8.50. The molecule has 2 rings (SSSR count). The van der Waals surface area contributed by atoms with Crippen molar-refractivity contribution in [1.82, 2.24) is 10.2 Å². The molecule has 68 valence electrons. The number of aromatic nitrogens is 2. The second-order valence-corrected chi connectivity index (χ2v) is 3.64. The molecule has 0 saturated carbocycles. The Morgan fingerprint density at radius 1 is 1.46 bits per heavy atom. The third kappa shape index (κ3) is 1.65. The lowest BCUT2D eigenvalue weighted by atomic mass is 10.1. The van der Waals surface area contributed by atoms with Gasteiger partial charge in [-0.2, -0.15) is 0 Å². The number of nitrogens with one attached hydrogen (secondary N) is 1. The second-order valence-electron chi connectivity index (χ2n) is 2.81. The highest BCUT2D eigenvalue weighted by molar-refractivity contribution is 7.98. The maximum Gasteiger partial charge on any atom is 0.225 e. The molecule has 0 radical (unpaired) electrons. The van der Waals surface area contributed by atoms with E-state index in [9.17, 15) is 4.79 Å². The number of hydrogen-bond acceptors (Lipinski definition) is 4. The standard InChI is InChI=1S/C8H9N3OS/c1-13-7-4-5-2-3-6(12)9-8(5)11-10-7/h4H,2-3H2,1H3,(H,9,11,12). The molecule has 0 aromatic carbocycles. The van der Waals surface area contributed by atoms with E-state index in [0.717, 1.165) is 17.0 Å². The molecule has 1 N–H and O–H groups in total. The first-order valence-electron chi connectivity index (χ1n) is 4.00. The van der Waals surface area contributed by atoms with Gasteiger partial charge in [0.15, 0.2) is 5.82 Å². The number of rotatable bonds is 1. The van der Waals surface area contributed by atoms with E-state index in [1.807, 2.05) is 12.3 Å². The first-order chi connectivity index (χ1) is 6.29. The van der Waals surface area contributed by atoms with Crippen molar-refractivity contribution in [3.8, 4) is 0 Å². The minimum absolute atomic E-state index is 0.0266. The third-order valence-corrected chi connectivity index (χ3v) is 2.56. The molecular formula is C8H9N3OS. The van der Waals surface area contributed by atoms with Crippen LogP contribution >= 0.6 is 11.8 Å². The molecule has 0 fully saturated rings. The first-order valence-corrected chi connectivity index (χ1v) is 5.22. The molecule has 0 aliphatic carbocycles. The van der Waals surface area contributed by atoms with E-state index in [-0.39, 0.29) is 5.91 Å². The van der Waals surface area contributed by atoms with Gasteiger partial charge in [-0.25, -0.2) is 0 Å². The number of amides is 1. The normalized spacial score (nSPS) is 15.0. The van der Waals surface area contributed by atoms with Crippen LogP contribution in [0.15, 0.2) is 11.1 Å². The summed E-state index contributed by atoms with van der Waals surface area (Å²) in [4.78, 5) is 11.0. The monoisotopic (exact) mass is 195 g/mol. The van der Waals surface area contributed by atoms with E-state index in [1.165, 1.54) is 0 Å². The summed E-state index contributed by atoms with van der Waals surface area (Å²) >= 11 is 1.56. The Hall–Kier alpha value is -1.10. The van der Waals surface area contributed by atoms with Gasteiger partial charge < -0.3 is 5.32 Å². The number of thioether (sulfide) groups is 1. The van der Waals surface area contributed by atoms with Gasteiger partial charge in [0.1, 0.15) is 5.03 Å². The number of carbonyl (C=O) groups excluding carboxylic acids is 1. The van der Waals surface area contributed by atoms with Crippen LogP contribution in [-0.2, 0) is 11.2 Å². The van der Waals surface area contributed by atoms with Crippen LogP contribution in [-0.4, -0.2) is 22.4 Å². The van der Waals surface area contributed by atoms with Gasteiger partial charge in [0.2, 0.25) is 5.91 Å². The SMILES string of the molecule is CSc1cc2c(nn1)NC(=O)CC2. The van der Waals surface area contributed by atoms with E-state index in [4.69, 9.17) is 0 Å². The highest BCUT2D eigenvalue weighted by atomic mass is 32.2. The summed E-state index contributed by atoms with van der Waals surface area (Å²) in [5, 5.41) is 11.5. The van der Waals surface area contributed by atoms with Gasteiger partial charge in [0, 0.05) is 12.0 Å². The second kappa shape index (κ2) is 3.33. The van der Waals surface area contributed by atoms with Crippen molar-refractivity contribution in [2.45, 2.75) is 17.9 Å². The molecule has 1 aliphatic heterocycles. The maximum atomic E-state index is 11.0. The van der Waals surface area contributed by atoms with Gasteiger partial charge >= 0.3 is 0 Å². The molecule has 0 atom stereocenters. The Bertz CT molecular complexity index is 353. The maximum absolute atomic E-state index is 11.0. The number of fused-ring (bicyclic) bond motifs is 1. The van der Waals surface area contributed by atoms with Crippen molar-refractivity contribution in [3.05, 3.63) is 11.6 Å². The lowest BCUT2D eigenvalue weighted by Gasteiger charge is -2.14. The quantitative estimate of drug-likeness (QED) is 0.681. The number of anilines is 1. The molecular weight excluding hydrogens is 186 g/mol. The number of hydrogen-bond donors (Lipinski definition) is 1. The van der Waals surface area contributed by atoms with Crippen LogP contribution in [0.3, 0.4) is 0 Å². The van der Waals surface area contributed by atoms with Crippen LogP contribution in [0.2, 0.25) is 0 Å². The van der Waals surface area contributed by atoms with Crippen LogP contribution in [0.1, 0.15) is 12.0 Å². The molecule has 1 aliphatic rings. The smallest absolute Gasteiger partial charge is 0.225 e. The van der Waals surface area contributed by atoms with E-state index in [1.54, 1.807) is 11.8 Å². The van der Waals surface area contributed by atoms with Crippen molar-refractivity contribution in [1.29, 1.82) is 0 Å². The summed E-state index contributed by atoms with van der Waals surface area (Å²) in [6, 6.07) is 1.98. The predicted molar refractivity (Wildman–Crippen MR) is 50.8 cm³/mol. The lowest BCUT2D eigenvalue weighted by Crippen LogP contribution is -2.20. The van der Waals surface area contributed by atoms with Gasteiger partial charge in [-0.1, -0.05) is 0 Å². The topological polar surface area (TPSA) is 54.9 Å². The lowest BCUT2D eigenvalue weighted by molar-refractivity contribution is -0.116. The summed E-state index contributed by atoms with van der Waals surface area (Å²) in [5.41, 5.74) is 1.08. The summed E-state index contributed by atoms with van der Waals surface area (Å²) in [7, 11) is 0. The highest BCUT2D eigenvalue weighted by Gasteiger charge is 2.16. The zero-order valence-electron chi connectivity index (χ0n) is 7.20. The van der Waals surface area contributed by atoms with Crippen molar-refractivity contribution in [2.75, 3.05) is 11.6 Å². The Balaban J connectivity index is 2.36. The van der Waals surface area contributed by atoms with Crippen molar-refractivity contribution in [3.63, 3.8) is 0 Å². The fraction of sp³-hybridized carbons (Fsp3) is 0.375. The molecule has 1 amide bonds. The van der Waals surface area contributed by atoms with Crippen molar-refractivity contribution < 1.29 is 4.79 Å². The average Bonchev–Trinajstić information content (AvgIpc) is 2.17. The summed E-state index contributed by atoms with van der Waals surface area (Å²) in [6.45, 7) is 0. The number of aryl methyl sites for hydroxylation is 1. The molecule has 4 nitrogen and oxygen atoms in total. The van der Waals surface area contributed by atoms with E-state index in [2.05, 4.69) is 15.5 Å². The molecule has 13 heavy (non-hydrogen) atoms. The largest absolute Gasteiger partial charge is 0.309 e. The minimum atomic E-state index is 0.0266. The van der Waals surface area contributed by atoms with Gasteiger partial charge in [-0.15, -0.1) is 22.0 Å². The number of nitrogens with zero attached hydrogens (tertiary/aromatic N) is 2. The van der Waals surface area contributed by atoms with E-state index >= 15 is 0 Å². The third-order valence-electron chi connectivity index (χ3n) is 1.94. The van der Waals surface area contributed by atoms with Crippen LogP contribution in [0.25, 0.3) is 0 Å². The zero-order chi connectivity index (χ0) is 9.26. The van der Waals surface area contributed by atoms with E-state index in [0.29, 0.717) is 12.2 Å². The average molecular weight is 195 g/mol. The van der Waals surface area contributed by atoms with Gasteiger partial charge in [-0.3, -0.25) is 4.79 Å². The molecule has 0 bridgehead atoms. The highest BCUT2D eigenvalue weighted by Crippen LogP contribution is 2.22. The van der Waals surface area contributed by atoms with Crippen LogP contribution in [0, 0.1) is 0 Å². The fourth-order valence-electron chi connectivity index (χ4n) is 1.25. The van der Waals surface area contributed by atoms with Crippen LogP contribution in [0.4, 0.5) is 5.82 Å². The molecule has 0 unspecified atom stereocenters.